The van der Waals surface area contributed by atoms with Crippen LogP contribution in [0.15, 0.2) is 36.9 Å². The molecule has 5 nitrogen and oxygen atoms in total. The lowest BCUT2D eigenvalue weighted by Crippen LogP contribution is -2.44. The molecule has 126 valence electrons. The SMILES string of the molecule is O=C(NCc1ccc(-n2ccnc2)c(F)c1)NC(C1CC1)C1CC1. The second-order valence-electron chi connectivity index (χ2n) is 6.78. The normalized spacial score (nSPS) is 17.1. The third-order valence-corrected chi connectivity index (χ3v) is 4.81. The quantitative estimate of drug-likeness (QED) is 0.856. The van der Waals surface area contributed by atoms with E-state index in [1.165, 1.54) is 31.7 Å². The number of aromatic nitrogens is 2. The largest absolute Gasteiger partial charge is 0.335 e. The van der Waals surface area contributed by atoms with Crippen LogP contribution in [0, 0.1) is 17.7 Å². The maximum Gasteiger partial charge on any atom is 0.315 e. The van der Waals surface area contributed by atoms with E-state index in [1.807, 2.05) is 6.07 Å². The number of amides is 2. The van der Waals surface area contributed by atoms with E-state index in [4.69, 9.17) is 0 Å². The predicted octanol–water partition coefficient (Wildman–Crippen LogP) is 3.00. The molecule has 6 heteroatoms. The number of nitrogens with one attached hydrogen (secondary N) is 2. The molecule has 2 aliphatic carbocycles. The Kier molecular flexibility index (Phi) is 3.96. The maximum absolute atomic E-state index is 14.2. The predicted molar refractivity (Wildman–Crippen MR) is 88.1 cm³/mol. The van der Waals surface area contributed by atoms with Gasteiger partial charge in [-0.2, -0.15) is 0 Å². The van der Waals surface area contributed by atoms with Gasteiger partial charge in [-0.1, -0.05) is 6.07 Å². The zero-order valence-corrected chi connectivity index (χ0v) is 13.4. The van der Waals surface area contributed by atoms with Crippen molar-refractivity contribution in [2.45, 2.75) is 38.3 Å². The second-order valence-corrected chi connectivity index (χ2v) is 6.78. The zero-order valence-electron chi connectivity index (χ0n) is 13.4. The fraction of sp³-hybridized carbons (Fsp3) is 0.444. The third-order valence-electron chi connectivity index (χ3n) is 4.81. The molecular weight excluding hydrogens is 307 g/mol. The molecule has 1 heterocycles. The van der Waals surface area contributed by atoms with E-state index >= 15 is 0 Å². The van der Waals surface area contributed by atoms with Crippen LogP contribution in [0.3, 0.4) is 0 Å². The molecule has 2 fully saturated rings. The van der Waals surface area contributed by atoms with Crippen molar-refractivity contribution in [1.29, 1.82) is 0 Å². The Balaban J connectivity index is 1.33. The summed E-state index contributed by atoms with van der Waals surface area (Å²) >= 11 is 0. The van der Waals surface area contributed by atoms with Crippen LogP contribution in [0.25, 0.3) is 5.69 Å². The fourth-order valence-corrected chi connectivity index (χ4v) is 3.19. The lowest BCUT2D eigenvalue weighted by molar-refractivity contribution is 0.233. The first-order valence-corrected chi connectivity index (χ1v) is 8.52. The number of carbonyl (C=O) groups is 1. The van der Waals surface area contributed by atoms with E-state index < -0.39 is 0 Å². The minimum absolute atomic E-state index is 0.155. The Morgan fingerprint density at radius 3 is 2.62 bits per heavy atom. The third kappa shape index (κ3) is 3.42. The molecular formula is C18H21FN4O. The highest BCUT2D eigenvalue weighted by Crippen LogP contribution is 2.44. The Morgan fingerprint density at radius 1 is 1.29 bits per heavy atom. The van der Waals surface area contributed by atoms with Crippen LogP contribution in [-0.2, 0) is 6.54 Å². The number of imidazole rings is 1. The number of nitrogens with zero attached hydrogens (tertiary/aromatic N) is 2. The highest BCUT2D eigenvalue weighted by molar-refractivity contribution is 5.74. The van der Waals surface area contributed by atoms with E-state index in [9.17, 15) is 9.18 Å². The van der Waals surface area contributed by atoms with Crippen molar-refractivity contribution in [2.24, 2.45) is 11.8 Å². The molecule has 2 aromatic rings. The van der Waals surface area contributed by atoms with E-state index in [0.717, 1.165) is 5.56 Å². The maximum atomic E-state index is 14.2. The standard InChI is InChI=1S/C18H21FN4O/c19-15-9-12(1-6-16(15)23-8-7-20-11-23)10-21-18(24)22-17(13-2-3-13)14-4-5-14/h1,6-9,11,13-14,17H,2-5,10H2,(H2,21,22,24). The van der Waals surface area contributed by atoms with E-state index in [2.05, 4.69) is 15.6 Å². The van der Waals surface area contributed by atoms with Gasteiger partial charge in [-0.15, -0.1) is 0 Å². The number of hydrogen-bond acceptors (Lipinski definition) is 2. The van der Waals surface area contributed by atoms with Gasteiger partial charge < -0.3 is 15.2 Å². The molecule has 1 aromatic heterocycles. The van der Waals surface area contributed by atoms with E-state index in [0.29, 0.717) is 30.1 Å². The van der Waals surface area contributed by atoms with Gasteiger partial charge in [-0.05, 0) is 55.2 Å². The average Bonchev–Trinajstić information content (AvgIpc) is 3.50. The van der Waals surface area contributed by atoms with Crippen LogP contribution in [0.4, 0.5) is 9.18 Å². The summed E-state index contributed by atoms with van der Waals surface area (Å²) in [6.45, 7) is 0.314. The first kappa shape index (κ1) is 15.2. The molecule has 1 aromatic carbocycles. The van der Waals surface area contributed by atoms with Gasteiger partial charge in [0.25, 0.3) is 0 Å². The number of urea groups is 1. The summed E-state index contributed by atoms with van der Waals surface area (Å²) in [6.07, 6.45) is 9.75. The van der Waals surface area contributed by atoms with Crippen molar-refractivity contribution in [1.82, 2.24) is 20.2 Å². The molecule has 2 N–H and O–H groups in total. The van der Waals surface area contributed by atoms with Crippen LogP contribution < -0.4 is 10.6 Å². The minimum atomic E-state index is -0.332. The number of hydrogen-bond donors (Lipinski definition) is 2. The van der Waals surface area contributed by atoms with Crippen molar-refractivity contribution in [2.75, 3.05) is 0 Å². The van der Waals surface area contributed by atoms with Gasteiger partial charge in [-0.25, -0.2) is 14.2 Å². The molecule has 0 bridgehead atoms. The smallest absolute Gasteiger partial charge is 0.315 e. The van der Waals surface area contributed by atoms with Gasteiger partial charge in [0.15, 0.2) is 0 Å². The first-order chi connectivity index (χ1) is 11.7. The highest BCUT2D eigenvalue weighted by Gasteiger charge is 2.42. The topological polar surface area (TPSA) is 59.0 Å². The summed E-state index contributed by atoms with van der Waals surface area (Å²) in [6, 6.07) is 5.14. The number of carbonyl (C=O) groups excluding carboxylic acids is 1. The van der Waals surface area contributed by atoms with Gasteiger partial charge in [0, 0.05) is 25.0 Å². The Hall–Kier alpha value is -2.37. The monoisotopic (exact) mass is 328 g/mol. The van der Waals surface area contributed by atoms with Crippen molar-refractivity contribution < 1.29 is 9.18 Å². The second kappa shape index (κ2) is 6.26. The lowest BCUT2D eigenvalue weighted by atomic mass is 10.1. The van der Waals surface area contributed by atoms with Gasteiger partial charge in [0.2, 0.25) is 0 Å². The summed E-state index contributed by atoms with van der Waals surface area (Å²) < 4.78 is 15.8. The van der Waals surface area contributed by atoms with Crippen LogP contribution in [-0.4, -0.2) is 21.6 Å². The summed E-state index contributed by atoms with van der Waals surface area (Å²) in [5.74, 6) is 0.992. The van der Waals surface area contributed by atoms with Gasteiger partial charge in [0.1, 0.15) is 5.82 Å². The number of halogens is 1. The molecule has 2 saturated carbocycles. The highest BCUT2D eigenvalue weighted by atomic mass is 19.1. The first-order valence-electron chi connectivity index (χ1n) is 8.52. The molecule has 24 heavy (non-hydrogen) atoms. The van der Waals surface area contributed by atoms with Crippen LogP contribution in [0.2, 0.25) is 0 Å². The fourth-order valence-electron chi connectivity index (χ4n) is 3.19. The molecule has 0 saturated heterocycles. The van der Waals surface area contributed by atoms with Crippen molar-refractivity contribution >= 4 is 6.03 Å². The number of benzene rings is 1. The molecule has 0 spiro atoms. The molecule has 2 aliphatic rings. The van der Waals surface area contributed by atoms with E-state index in [-0.39, 0.29) is 11.8 Å². The molecule has 0 unspecified atom stereocenters. The summed E-state index contributed by atoms with van der Waals surface area (Å²) in [7, 11) is 0. The Morgan fingerprint density at radius 2 is 2.04 bits per heavy atom. The van der Waals surface area contributed by atoms with Crippen molar-refractivity contribution in [3.63, 3.8) is 0 Å². The van der Waals surface area contributed by atoms with Crippen LogP contribution in [0.5, 0.6) is 0 Å². The number of rotatable bonds is 6. The summed E-state index contributed by atoms with van der Waals surface area (Å²) in [5.41, 5.74) is 1.18. The van der Waals surface area contributed by atoms with Gasteiger partial charge in [-0.3, -0.25) is 0 Å². The molecule has 4 rings (SSSR count). The summed E-state index contributed by atoms with van der Waals surface area (Å²) in [4.78, 5) is 16.0. The molecule has 0 atom stereocenters. The van der Waals surface area contributed by atoms with Crippen LogP contribution in [0.1, 0.15) is 31.2 Å². The zero-order chi connectivity index (χ0) is 16.5. The lowest BCUT2D eigenvalue weighted by Gasteiger charge is -2.18. The Bertz CT molecular complexity index is 711. The molecule has 0 radical (unpaired) electrons. The van der Waals surface area contributed by atoms with E-state index in [1.54, 1.807) is 29.4 Å². The van der Waals surface area contributed by atoms with Crippen LogP contribution >= 0.6 is 0 Å². The summed E-state index contributed by atoms with van der Waals surface area (Å²) in [5, 5.41) is 5.94. The molecule has 0 aliphatic heterocycles. The minimum Gasteiger partial charge on any atom is -0.335 e. The average molecular weight is 328 g/mol. The Labute approximate surface area is 140 Å². The molecule has 2 amide bonds. The van der Waals surface area contributed by atoms with Gasteiger partial charge >= 0.3 is 6.03 Å². The van der Waals surface area contributed by atoms with Crippen molar-refractivity contribution in [3.05, 3.63) is 48.3 Å². The van der Waals surface area contributed by atoms with Crippen molar-refractivity contribution in [3.8, 4) is 5.69 Å². The van der Waals surface area contributed by atoms with Gasteiger partial charge in [0.05, 0.1) is 12.0 Å².